The predicted molar refractivity (Wildman–Crippen MR) is 121 cm³/mol. The number of benzene rings is 2. The normalized spacial score (nSPS) is 33.3. The van der Waals surface area contributed by atoms with E-state index < -0.39 is 58.8 Å². The van der Waals surface area contributed by atoms with Crippen LogP contribution in [0.25, 0.3) is 0 Å². The number of halogens is 6. The third-order valence-corrected chi connectivity index (χ3v) is 9.14. The second-order valence-electron chi connectivity index (χ2n) is 10.9. The molecule has 4 fully saturated rings. The largest absolute Gasteiger partial charge is 0.454 e. The molecule has 0 spiro atoms. The first-order valence-electron chi connectivity index (χ1n) is 12.7. The number of ether oxygens (including phenoxy) is 2. The molecule has 0 aromatic heterocycles. The van der Waals surface area contributed by atoms with Crippen LogP contribution in [0.4, 0.5) is 26.3 Å². The molecule has 2 aromatic rings. The number of hydrogen-bond donors (Lipinski definition) is 0. The molecule has 202 valence electrons. The zero-order valence-corrected chi connectivity index (χ0v) is 20.0. The molecule has 0 heterocycles. The van der Waals surface area contributed by atoms with Crippen LogP contribution in [0.2, 0.25) is 0 Å². The van der Waals surface area contributed by atoms with Crippen molar-refractivity contribution in [2.45, 2.75) is 50.2 Å². The molecule has 4 aliphatic carbocycles. The van der Waals surface area contributed by atoms with Crippen LogP contribution < -0.4 is 0 Å². The molecule has 0 amide bonds. The summed E-state index contributed by atoms with van der Waals surface area (Å²) >= 11 is 0. The van der Waals surface area contributed by atoms with Gasteiger partial charge in [-0.05, 0) is 73.6 Å². The summed E-state index contributed by atoms with van der Waals surface area (Å²) in [5.41, 5.74) is -3.59. The highest BCUT2D eigenvalue weighted by Crippen LogP contribution is 2.68. The van der Waals surface area contributed by atoms with Gasteiger partial charge >= 0.3 is 24.3 Å². The van der Waals surface area contributed by atoms with Gasteiger partial charge in [0.25, 0.3) is 0 Å². The fourth-order valence-corrected chi connectivity index (χ4v) is 7.97. The van der Waals surface area contributed by atoms with Crippen LogP contribution in [0.3, 0.4) is 0 Å². The van der Waals surface area contributed by atoms with Crippen molar-refractivity contribution in [1.29, 1.82) is 0 Å². The van der Waals surface area contributed by atoms with Crippen LogP contribution in [0.5, 0.6) is 0 Å². The van der Waals surface area contributed by atoms with E-state index in [2.05, 4.69) is 0 Å². The Morgan fingerprint density at radius 2 is 1.03 bits per heavy atom. The third-order valence-electron chi connectivity index (χ3n) is 9.14. The smallest absolute Gasteiger partial charge is 0.417 e. The van der Waals surface area contributed by atoms with Gasteiger partial charge in [-0.25, -0.2) is 9.59 Å². The summed E-state index contributed by atoms with van der Waals surface area (Å²) in [5, 5.41) is 0. The van der Waals surface area contributed by atoms with Crippen molar-refractivity contribution in [3.63, 3.8) is 0 Å². The second-order valence-corrected chi connectivity index (χ2v) is 10.9. The van der Waals surface area contributed by atoms with Crippen LogP contribution in [-0.4, -0.2) is 24.1 Å². The average molecular weight is 538 g/mol. The zero-order chi connectivity index (χ0) is 27.0. The van der Waals surface area contributed by atoms with E-state index in [9.17, 15) is 35.9 Å². The molecule has 6 rings (SSSR count). The van der Waals surface area contributed by atoms with E-state index in [4.69, 9.17) is 9.47 Å². The number of carbonyl (C=O) groups excluding carboxylic acids is 2. The molecule has 8 atom stereocenters. The van der Waals surface area contributed by atoms with E-state index in [0.29, 0.717) is 18.3 Å². The zero-order valence-electron chi connectivity index (χ0n) is 20.0. The van der Waals surface area contributed by atoms with Gasteiger partial charge in [0.05, 0.1) is 22.3 Å². The highest BCUT2D eigenvalue weighted by molar-refractivity contribution is 5.92. The van der Waals surface area contributed by atoms with Crippen molar-refractivity contribution in [3.05, 3.63) is 70.8 Å². The fraction of sp³-hybridized carbons (Fsp3) is 0.500. The van der Waals surface area contributed by atoms with Gasteiger partial charge in [-0.15, -0.1) is 0 Å². The quantitative estimate of drug-likeness (QED) is 0.245. The van der Waals surface area contributed by atoms with Crippen LogP contribution in [-0.2, 0) is 21.8 Å². The standard InChI is InChI=1S/C28H24F6O4/c29-27(30,31)19-7-3-1-5-15(19)25(35)37-23-17-12-18(22-14-10-9-13(11-14)21(17)22)24(23)38-26(36)16-6-2-4-8-20(16)28(32,33)34/h1-8,13-14,17-18,21-24H,9-12H2. The summed E-state index contributed by atoms with van der Waals surface area (Å²) in [4.78, 5) is 26.1. The molecular weight excluding hydrogens is 514 g/mol. The minimum atomic E-state index is -4.78. The molecule has 4 bridgehead atoms. The highest BCUT2D eigenvalue weighted by Gasteiger charge is 2.68. The van der Waals surface area contributed by atoms with Crippen LogP contribution >= 0.6 is 0 Å². The molecule has 38 heavy (non-hydrogen) atoms. The lowest BCUT2D eigenvalue weighted by molar-refractivity contribution is -0.139. The van der Waals surface area contributed by atoms with Crippen LogP contribution in [0.1, 0.15) is 57.5 Å². The SMILES string of the molecule is O=C(OC1C2CC(C1OC(=O)c1ccccc1C(F)(F)F)C1C3CCC(C3)C21)c1ccccc1C(F)(F)F. The molecule has 8 unspecified atom stereocenters. The fourth-order valence-electron chi connectivity index (χ4n) is 7.97. The Bertz CT molecular complexity index is 1170. The third kappa shape index (κ3) is 3.98. The van der Waals surface area contributed by atoms with E-state index in [1.165, 1.54) is 24.3 Å². The lowest BCUT2D eigenvalue weighted by Gasteiger charge is -2.42. The predicted octanol–water partition coefficient (Wildman–Crippen LogP) is 6.79. The molecule has 2 aromatic carbocycles. The van der Waals surface area contributed by atoms with Crippen molar-refractivity contribution in [2.24, 2.45) is 35.5 Å². The molecule has 0 aliphatic heterocycles. The van der Waals surface area contributed by atoms with Crippen LogP contribution in [0.15, 0.2) is 48.5 Å². The number of fused-ring (bicyclic) bond motifs is 9. The summed E-state index contributed by atoms with van der Waals surface area (Å²) < 4.78 is 92.7. The van der Waals surface area contributed by atoms with Gasteiger partial charge in [-0.1, -0.05) is 24.3 Å². The van der Waals surface area contributed by atoms with Gasteiger partial charge in [0.15, 0.2) is 0 Å². The summed E-state index contributed by atoms with van der Waals surface area (Å²) in [7, 11) is 0. The topological polar surface area (TPSA) is 52.6 Å². The Morgan fingerprint density at radius 1 is 0.632 bits per heavy atom. The number of esters is 2. The van der Waals surface area contributed by atoms with Crippen molar-refractivity contribution < 1.29 is 45.4 Å². The molecule has 0 saturated heterocycles. The maximum Gasteiger partial charge on any atom is 0.417 e. The Labute approximate surface area is 214 Å². The summed E-state index contributed by atoms with van der Waals surface area (Å²) in [5.74, 6) is -1.61. The lowest BCUT2D eigenvalue weighted by atomic mass is 9.69. The molecule has 4 aliphatic rings. The Hall–Kier alpha value is -3.04. The summed E-state index contributed by atoms with van der Waals surface area (Å²) in [6.45, 7) is 0. The van der Waals surface area contributed by atoms with E-state index in [0.717, 1.165) is 43.5 Å². The van der Waals surface area contributed by atoms with Gasteiger partial charge in [-0.2, -0.15) is 26.3 Å². The first-order chi connectivity index (χ1) is 17.9. The first kappa shape index (κ1) is 25.2. The minimum Gasteiger partial charge on any atom is -0.454 e. The summed E-state index contributed by atoms with van der Waals surface area (Å²) in [6.07, 6.45) is -8.03. The van der Waals surface area contributed by atoms with Crippen molar-refractivity contribution in [3.8, 4) is 0 Å². The number of alkyl halides is 6. The van der Waals surface area contributed by atoms with Crippen molar-refractivity contribution in [2.75, 3.05) is 0 Å². The summed E-state index contributed by atoms with van der Waals surface area (Å²) in [6, 6.07) is 8.55. The maximum atomic E-state index is 13.6. The van der Waals surface area contributed by atoms with Gasteiger partial charge in [0, 0.05) is 11.8 Å². The lowest BCUT2D eigenvalue weighted by Crippen LogP contribution is -2.48. The van der Waals surface area contributed by atoms with E-state index in [1.54, 1.807) is 0 Å². The maximum absolute atomic E-state index is 13.6. The average Bonchev–Trinajstić information content (AvgIpc) is 3.64. The molecular formula is C28H24F6O4. The van der Waals surface area contributed by atoms with Gasteiger partial charge in [0.1, 0.15) is 12.2 Å². The highest BCUT2D eigenvalue weighted by atomic mass is 19.4. The van der Waals surface area contributed by atoms with E-state index in [-0.39, 0.29) is 23.7 Å². The molecule has 4 nitrogen and oxygen atoms in total. The number of rotatable bonds is 4. The Balaban J connectivity index is 1.32. The second kappa shape index (κ2) is 8.74. The van der Waals surface area contributed by atoms with E-state index in [1.807, 2.05) is 0 Å². The van der Waals surface area contributed by atoms with Crippen molar-refractivity contribution in [1.82, 2.24) is 0 Å². The molecule has 0 radical (unpaired) electrons. The Kier molecular flexibility index (Phi) is 5.81. The monoisotopic (exact) mass is 538 g/mol. The van der Waals surface area contributed by atoms with Gasteiger partial charge < -0.3 is 9.47 Å². The minimum absolute atomic E-state index is 0.201. The van der Waals surface area contributed by atoms with E-state index >= 15 is 0 Å². The Morgan fingerprint density at radius 3 is 1.42 bits per heavy atom. The van der Waals surface area contributed by atoms with Gasteiger partial charge in [0.2, 0.25) is 0 Å². The van der Waals surface area contributed by atoms with Crippen molar-refractivity contribution >= 4 is 11.9 Å². The molecule has 0 N–H and O–H groups in total. The first-order valence-corrected chi connectivity index (χ1v) is 12.7. The number of carbonyl (C=O) groups is 2. The number of hydrogen-bond acceptors (Lipinski definition) is 4. The van der Waals surface area contributed by atoms with Gasteiger partial charge in [-0.3, -0.25) is 0 Å². The van der Waals surface area contributed by atoms with Crippen LogP contribution in [0, 0.1) is 35.5 Å². The molecule has 10 heteroatoms. The molecule has 4 saturated carbocycles.